The lowest BCUT2D eigenvalue weighted by Gasteiger charge is -2.12. The fourth-order valence-corrected chi connectivity index (χ4v) is 1.89. The van der Waals surface area contributed by atoms with Crippen molar-refractivity contribution >= 4 is 22.5 Å². The molecule has 0 aliphatic heterocycles. The number of anilines is 1. The van der Waals surface area contributed by atoms with Crippen LogP contribution in [-0.4, -0.2) is 25.8 Å². The second-order valence-electron chi connectivity index (χ2n) is 3.46. The predicted molar refractivity (Wildman–Crippen MR) is 63.7 cm³/mol. The van der Waals surface area contributed by atoms with Crippen LogP contribution >= 0.6 is 11.3 Å². The quantitative estimate of drug-likeness (QED) is 0.858. The number of thiazole rings is 1. The first-order chi connectivity index (χ1) is 8.16. The minimum Gasteiger partial charge on any atom is -0.328 e. The minimum absolute atomic E-state index is 0.220. The van der Waals surface area contributed by atoms with E-state index in [1.807, 2.05) is 14.0 Å². The first-order valence-electron chi connectivity index (χ1n) is 4.97. The van der Waals surface area contributed by atoms with E-state index in [1.165, 1.54) is 11.3 Å². The summed E-state index contributed by atoms with van der Waals surface area (Å²) in [5, 5.41) is 15.4. The van der Waals surface area contributed by atoms with Gasteiger partial charge >= 0.3 is 6.03 Å². The van der Waals surface area contributed by atoms with E-state index in [0.717, 1.165) is 0 Å². The SMILES string of the molecule is CC(NC(=O)Nc1nccs1)c1nncn1C. The molecule has 2 N–H and O–H groups in total. The van der Waals surface area contributed by atoms with E-state index in [0.29, 0.717) is 11.0 Å². The fraction of sp³-hybridized carbons (Fsp3) is 0.333. The molecule has 0 aliphatic rings. The van der Waals surface area contributed by atoms with Gasteiger partial charge in [-0.2, -0.15) is 0 Å². The molecule has 0 bridgehead atoms. The van der Waals surface area contributed by atoms with E-state index in [4.69, 9.17) is 0 Å². The predicted octanol–water partition coefficient (Wildman–Crippen LogP) is 1.15. The second-order valence-corrected chi connectivity index (χ2v) is 4.35. The largest absolute Gasteiger partial charge is 0.328 e. The normalized spacial score (nSPS) is 12.1. The highest BCUT2D eigenvalue weighted by Gasteiger charge is 2.14. The summed E-state index contributed by atoms with van der Waals surface area (Å²) in [6.07, 6.45) is 3.22. The van der Waals surface area contributed by atoms with Gasteiger partial charge in [0, 0.05) is 18.6 Å². The molecule has 0 saturated carbocycles. The van der Waals surface area contributed by atoms with Crippen LogP contribution in [-0.2, 0) is 7.05 Å². The first kappa shape index (κ1) is 11.5. The standard InChI is InChI=1S/C9H12N6OS/c1-6(7-14-11-5-15(7)2)12-8(16)13-9-10-3-4-17-9/h3-6H,1-2H3,(H2,10,12,13,16). The maximum atomic E-state index is 11.6. The van der Waals surface area contributed by atoms with Crippen molar-refractivity contribution in [1.82, 2.24) is 25.1 Å². The van der Waals surface area contributed by atoms with Gasteiger partial charge in [-0.3, -0.25) is 5.32 Å². The van der Waals surface area contributed by atoms with Crippen molar-refractivity contribution in [2.45, 2.75) is 13.0 Å². The third-order valence-corrected chi connectivity index (χ3v) is 2.82. The Labute approximate surface area is 102 Å². The van der Waals surface area contributed by atoms with Crippen molar-refractivity contribution in [3.63, 3.8) is 0 Å². The molecule has 8 heteroatoms. The highest BCUT2D eigenvalue weighted by Crippen LogP contribution is 2.11. The molecular formula is C9H12N6OS. The lowest BCUT2D eigenvalue weighted by atomic mass is 10.3. The van der Waals surface area contributed by atoms with Gasteiger partial charge in [0.2, 0.25) is 0 Å². The number of hydrogen-bond acceptors (Lipinski definition) is 5. The lowest BCUT2D eigenvalue weighted by molar-refractivity contribution is 0.248. The third-order valence-electron chi connectivity index (χ3n) is 2.13. The zero-order valence-corrected chi connectivity index (χ0v) is 10.2. The van der Waals surface area contributed by atoms with Gasteiger partial charge in [-0.15, -0.1) is 21.5 Å². The van der Waals surface area contributed by atoms with Crippen molar-refractivity contribution in [2.75, 3.05) is 5.32 Å². The van der Waals surface area contributed by atoms with Crippen LogP contribution in [0.3, 0.4) is 0 Å². The van der Waals surface area contributed by atoms with Gasteiger partial charge in [0.05, 0.1) is 6.04 Å². The van der Waals surface area contributed by atoms with Crippen LogP contribution in [0.5, 0.6) is 0 Å². The third kappa shape index (κ3) is 2.78. The Morgan fingerprint density at radius 1 is 1.59 bits per heavy atom. The maximum absolute atomic E-state index is 11.6. The summed E-state index contributed by atoms with van der Waals surface area (Å²) in [4.78, 5) is 15.6. The van der Waals surface area contributed by atoms with Gasteiger partial charge in [-0.05, 0) is 6.92 Å². The number of aromatic nitrogens is 4. The maximum Gasteiger partial charge on any atom is 0.321 e. The molecule has 0 saturated heterocycles. The summed E-state index contributed by atoms with van der Waals surface area (Å²) in [5.74, 6) is 0.694. The number of hydrogen-bond donors (Lipinski definition) is 2. The highest BCUT2D eigenvalue weighted by molar-refractivity contribution is 7.13. The van der Waals surface area contributed by atoms with Gasteiger partial charge < -0.3 is 9.88 Å². The Balaban J connectivity index is 1.93. The molecule has 7 nitrogen and oxygen atoms in total. The topological polar surface area (TPSA) is 84.7 Å². The molecule has 2 heterocycles. The van der Waals surface area contributed by atoms with E-state index < -0.39 is 0 Å². The summed E-state index contributed by atoms with van der Waals surface area (Å²) in [5.41, 5.74) is 0. The van der Waals surface area contributed by atoms with E-state index in [2.05, 4.69) is 25.8 Å². The molecule has 0 radical (unpaired) electrons. The Kier molecular flexibility index (Phi) is 3.33. The average Bonchev–Trinajstić information content (AvgIpc) is 2.88. The summed E-state index contributed by atoms with van der Waals surface area (Å²) in [6.45, 7) is 1.84. The molecule has 0 fully saturated rings. The number of urea groups is 1. The van der Waals surface area contributed by atoms with Crippen molar-refractivity contribution in [1.29, 1.82) is 0 Å². The lowest BCUT2D eigenvalue weighted by Crippen LogP contribution is -2.32. The molecule has 1 atom stereocenters. The number of rotatable bonds is 3. The van der Waals surface area contributed by atoms with Crippen molar-refractivity contribution in [3.8, 4) is 0 Å². The summed E-state index contributed by atoms with van der Waals surface area (Å²) >= 11 is 1.36. The van der Waals surface area contributed by atoms with Gasteiger partial charge in [-0.1, -0.05) is 0 Å². The van der Waals surface area contributed by atoms with E-state index in [1.54, 1.807) is 22.5 Å². The molecule has 2 aromatic rings. The van der Waals surface area contributed by atoms with E-state index in [9.17, 15) is 4.79 Å². The molecular weight excluding hydrogens is 240 g/mol. The zero-order chi connectivity index (χ0) is 12.3. The molecule has 2 amide bonds. The number of nitrogens with one attached hydrogen (secondary N) is 2. The van der Waals surface area contributed by atoms with Crippen LogP contribution in [0.4, 0.5) is 9.93 Å². The molecule has 0 aliphatic carbocycles. The number of carbonyl (C=O) groups excluding carboxylic acids is 1. The van der Waals surface area contributed by atoms with Crippen molar-refractivity contribution < 1.29 is 4.79 Å². The van der Waals surface area contributed by atoms with Crippen LogP contribution in [0, 0.1) is 0 Å². The molecule has 1 unspecified atom stereocenters. The zero-order valence-electron chi connectivity index (χ0n) is 9.41. The molecule has 90 valence electrons. The van der Waals surface area contributed by atoms with Crippen LogP contribution in [0.15, 0.2) is 17.9 Å². The molecule has 2 aromatic heterocycles. The van der Waals surface area contributed by atoms with E-state index in [-0.39, 0.29) is 12.1 Å². The van der Waals surface area contributed by atoms with E-state index >= 15 is 0 Å². The summed E-state index contributed by atoms with van der Waals surface area (Å²) in [7, 11) is 1.83. The molecule has 2 rings (SSSR count). The Bertz CT molecular complexity index is 493. The second kappa shape index (κ2) is 4.91. The fourth-order valence-electron chi connectivity index (χ4n) is 1.36. The monoisotopic (exact) mass is 252 g/mol. The first-order valence-corrected chi connectivity index (χ1v) is 5.85. The van der Waals surface area contributed by atoms with Crippen LogP contribution < -0.4 is 10.6 Å². The number of carbonyl (C=O) groups is 1. The summed E-state index contributed by atoms with van der Waals surface area (Å²) < 4.78 is 1.76. The minimum atomic E-state index is -0.310. The van der Waals surface area contributed by atoms with Gasteiger partial charge in [0.1, 0.15) is 6.33 Å². The molecule has 0 spiro atoms. The highest BCUT2D eigenvalue weighted by atomic mass is 32.1. The summed E-state index contributed by atoms with van der Waals surface area (Å²) in [6, 6.07) is -0.530. The van der Waals surface area contributed by atoms with Gasteiger partial charge in [0.15, 0.2) is 11.0 Å². The number of amides is 2. The van der Waals surface area contributed by atoms with Crippen molar-refractivity contribution in [2.24, 2.45) is 7.05 Å². The number of aryl methyl sites for hydroxylation is 1. The smallest absolute Gasteiger partial charge is 0.321 e. The average molecular weight is 252 g/mol. The van der Waals surface area contributed by atoms with Crippen molar-refractivity contribution in [3.05, 3.63) is 23.7 Å². The van der Waals surface area contributed by atoms with Gasteiger partial charge in [0.25, 0.3) is 0 Å². The van der Waals surface area contributed by atoms with Gasteiger partial charge in [-0.25, -0.2) is 9.78 Å². The molecule has 0 aromatic carbocycles. The van der Waals surface area contributed by atoms with Crippen LogP contribution in [0.2, 0.25) is 0 Å². The van der Waals surface area contributed by atoms with Crippen LogP contribution in [0.1, 0.15) is 18.8 Å². The Hall–Kier alpha value is -1.96. The Morgan fingerprint density at radius 2 is 2.41 bits per heavy atom. The van der Waals surface area contributed by atoms with Crippen LogP contribution in [0.25, 0.3) is 0 Å². The Morgan fingerprint density at radius 3 is 3.00 bits per heavy atom. The molecule has 17 heavy (non-hydrogen) atoms. The number of nitrogens with zero attached hydrogens (tertiary/aromatic N) is 4.